The van der Waals surface area contributed by atoms with Gasteiger partial charge < -0.3 is 5.32 Å². The van der Waals surface area contributed by atoms with Crippen LogP contribution in [0.3, 0.4) is 0 Å². The number of amides is 3. The molecule has 0 radical (unpaired) electrons. The second kappa shape index (κ2) is 8.84. The number of nitrogens with one attached hydrogen (secondary N) is 1. The highest BCUT2D eigenvalue weighted by atomic mass is 32.2. The molecule has 2 heterocycles. The molecule has 1 fully saturated rings. The summed E-state index contributed by atoms with van der Waals surface area (Å²) in [6.45, 7) is 2.73. The Morgan fingerprint density at radius 3 is 2.06 bits per heavy atom. The van der Waals surface area contributed by atoms with E-state index in [1.165, 1.54) is 11.2 Å². The summed E-state index contributed by atoms with van der Waals surface area (Å²) in [5, 5.41) is 2.72. The minimum absolute atomic E-state index is 0.149. The normalized spacial score (nSPS) is 17.8. The number of carbonyl (C=O) groups excluding carboxylic acids is 3. The predicted octanol–water partition coefficient (Wildman–Crippen LogP) is 2.16. The maximum absolute atomic E-state index is 12.7. The fourth-order valence-corrected chi connectivity index (χ4v) is 5.56. The third-order valence-corrected chi connectivity index (χ3v) is 7.85. The zero-order valence-electron chi connectivity index (χ0n) is 17.8. The van der Waals surface area contributed by atoms with Gasteiger partial charge in [-0.25, -0.2) is 8.42 Å². The van der Waals surface area contributed by atoms with Crippen molar-refractivity contribution in [2.75, 3.05) is 13.1 Å². The molecule has 2 aromatic rings. The van der Waals surface area contributed by atoms with Crippen molar-refractivity contribution < 1.29 is 22.8 Å². The Morgan fingerprint density at radius 2 is 1.50 bits per heavy atom. The van der Waals surface area contributed by atoms with E-state index in [9.17, 15) is 22.8 Å². The zero-order valence-corrected chi connectivity index (χ0v) is 18.6. The van der Waals surface area contributed by atoms with Gasteiger partial charge in [0.2, 0.25) is 15.9 Å². The number of imide groups is 1. The number of sulfonamides is 1. The molecule has 4 rings (SSSR count). The van der Waals surface area contributed by atoms with E-state index >= 15 is 0 Å². The molecule has 8 nitrogen and oxygen atoms in total. The van der Waals surface area contributed by atoms with Crippen molar-refractivity contribution in [3.63, 3.8) is 0 Å². The van der Waals surface area contributed by atoms with E-state index < -0.39 is 33.8 Å². The van der Waals surface area contributed by atoms with Crippen molar-refractivity contribution in [2.45, 2.75) is 43.7 Å². The molecule has 2 aliphatic heterocycles. The summed E-state index contributed by atoms with van der Waals surface area (Å²) in [6.07, 6.45) is 2.78. The lowest BCUT2D eigenvalue weighted by Gasteiger charge is -2.26. The van der Waals surface area contributed by atoms with E-state index in [2.05, 4.69) is 5.32 Å². The Kier molecular flexibility index (Phi) is 6.12. The van der Waals surface area contributed by atoms with E-state index in [1.54, 1.807) is 48.5 Å². The first kappa shape index (κ1) is 22.2. The predicted molar refractivity (Wildman–Crippen MR) is 117 cm³/mol. The van der Waals surface area contributed by atoms with Crippen molar-refractivity contribution >= 4 is 27.7 Å². The number of carbonyl (C=O) groups is 3. The standard InChI is InChI=1S/C23H25N3O5S/c1-16(26-22(28)19-7-3-4-8-20(19)23(26)29)21(27)24-15-17-9-11-18(12-10-17)32(30,31)25-13-5-2-6-14-25/h3-4,7-12,16H,2,5-6,13-15H2,1H3,(H,24,27)/t16-/m0/s1. The van der Waals surface area contributed by atoms with Gasteiger partial charge in [-0.05, 0) is 49.6 Å². The number of benzene rings is 2. The number of hydrogen-bond donors (Lipinski definition) is 1. The van der Waals surface area contributed by atoms with Crippen LogP contribution in [0.15, 0.2) is 53.4 Å². The van der Waals surface area contributed by atoms with Crippen molar-refractivity contribution in [1.29, 1.82) is 0 Å². The van der Waals surface area contributed by atoms with Crippen LogP contribution in [0.5, 0.6) is 0 Å². The number of piperidine rings is 1. The molecule has 0 aliphatic carbocycles. The van der Waals surface area contributed by atoms with Crippen molar-refractivity contribution in [2.24, 2.45) is 0 Å². The van der Waals surface area contributed by atoms with Crippen LogP contribution >= 0.6 is 0 Å². The molecule has 3 amide bonds. The lowest BCUT2D eigenvalue weighted by Crippen LogP contribution is -2.47. The average molecular weight is 456 g/mol. The number of fused-ring (bicyclic) bond motifs is 1. The van der Waals surface area contributed by atoms with Crippen molar-refractivity contribution in [3.8, 4) is 0 Å². The molecule has 32 heavy (non-hydrogen) atoms. The van der Waals surface area contributed by atoms with Crippen LogP contribution in [0.4, 0.5) is 0 Å². The Hall–Kier alpha value is -3.04. The van der Waals surface area contributed by atoms with Crippen LogP contribution in [0.1, 0.15) is 52.5 Å². The van der Waals surface area contributed by atoms with Crippen LogP contribution in [-0.4, -0.2) is 54.5 Å². The third kappa shape index (κ3) is 4.05. The molecule has 0 bridgehead atoms. The maximum Gasteiger partial charge on any atom is 0.262 e. The molecule has 1 N–H and O–H groups in total. The van der Waals surface area contributed by atoms with Crippen molar-refractivity contribution in [3.05, 3.63) is 65.2 Å². The molecule has 0 aromatic heterocycles. The SMILES string of the molecule is C[C@@H](C(=O)NCc1ccc(S(=O)(=O)N2CCCCC2)cc1)N1C(=O)c2ccccc2C1=O. The maximum atomic E-state index is 12.7. The highest BCUT2D eigenvalue weighted by Crippen LogP contribution is 2.25. The molecule has 1 saturated heterocycles. The first-order valence-electron chi connectivity index (χ1n) is 10.6. The molecule has 0 unspecified atom stereocenters. The summed E-state index contributed by atoms with van der Waals surface area (Å²) in [6, 6.07) is 11.9. The monoisotopic (exact) mass is 455 g/mol. The van der Waals surface area contributed by atoms with E-state index in [0.29, 0.717) is 29.8 Å². The number of nitrogens with zero attached hydrogens (tertiary/aromatic N) is 2. The quantitative estimate of drug-likeness (QED) is 0.673. The second-order valence-electron chi connectivity index (χ2n) is 8.03. The van der Waals surface area contributed by atoms with Crippen LogP contribution in [0.25, 0.3) is 0 Å². The summed E-state index contributed by atoms with van der Waals surface area (Å²) in [7, 11) is -3.51. The lowest BCUT2D eigenvalue weighted by atomic mass is 10.1. The average Bonchev–Trinajstić information content (AvgIpc) is 3.08. The highest BCUT2D eigenvalue weighted by Gasteiger charge is 2.40. The number of rotatable bonds is 6. The van der Waals surface area contributed by atoms with E-state index in [-0.39, 0.29) is 11.4 Å². The Bertz CT molecular complexity index is 1120. The van der Waals surface area contributed by atoms with Gasteiger partial charge in [0.05, 0.1) is 16.0 Å². The zero-order chi connectivity index (χ0) is 22.9. The molecule has 2 aliphatic rings. The summed E-state index contributed by atoms with van der Waals surface area (Å²) in [5.41, 5.74) is 1.30. The smallest absolute Gasteiger partial charge is 0.262 e. The fraction of sp³-hybridized carbons (Fsp3) is 0.348. The van der Waals surface area contributed by atoms with Gasteiger partial charge in [-0.3, -0.25) is 19.3 Å². The molecular weight excluding hydrogens is 430 g/mol. The summed E-state index contributed by atoms with van der Waals surface area (Å²) >= 11 is 0. The minimum Gasteiger partial charge on any atom is -0.350 e. The van der Waals surface area contributed by atoms with E-state index in [4.69, 9.17) is 0 Å². The Morgan fingerprint density at radius 1 is 0.938 bits per heavy atom. The van der Waals surface area contributed by atoms with Crippen LogP contribution in [-0.2, 0) is 21.4 Å². The molecule has 1 atom stereocenters. The Labute approximate surface area is 187 Å². The largest absolute Gasteiger partial charge is 0.350 e. The van der Waals surface area contributed by atoms with Gasteiger partial charge in [0, 0.05) is 19.6 Å². The molecule has 2 aromatic carbocycles. The third-order valence-electron chi connectivity index (χ3n) is 5.94. The van der Waals surface area contributed by atoms with Gasteiger partial charge in [0.1, 0.15) is 6.04 Å². The van der Waals surface area contributed by atoms with Gasteiger partial charge in [-0.15, -0.1) is 0 Å². The van der Waals surface area contributed by atoms with Gasteiger partial charge in [-0.1, -0.05) is 30.7 Å². The summed E-state index contributed by atoms with van der Waals surface area (Å²) in [4.78, 5) is 38.9. The van der Waals surface area contributed by atoms with Gasteiger partial charge >= 0.3 is 0 Å². The Balaban J connectivity index is 1.38. The van der Waals surface area contributed by atoms with Gasteiger partial charge in [0.25, 0.3) is 11.8 Å². The molecule has 0 saturated carbocycles. The minimum atomic E-state index is -3.51. The molecule has 9 heteroatoms. The van der Waals surface area contributed by atoms with Gasteiger partial charge in [0.15, 0.2) is 0 Å². The van der Waals surface area contributed by atoms with Gasteiger partial charge in [-0.2, -0.15) is 4.31 Å². The summed E-state index contributed by atoms with van der Waals surface area (Å²) < 4.78 is 27.0. The van der Waals surface area contributed by atoms with Crippen LogP contribution < -0.4 is 5.32 Å². The molecular formula is C23H25N3O5S. The lowest BCUT2D eigenvalue weighted by molar-refractivity contribution is -0.124. The highest BCUT2D eigenvalue weighted by molar-refractivity contribution is 7.89. The van der Waals surface area contributed by atoms with Crippen LogP contribution in [0.2, 0.25) is 0 Å². The summed E-state index contributed by atoms with van der Waals surface area (Å²) in [5.74, 6) is -1.44. The second-order valence-corrected chi connectivity index (χ2v) is 9.97. The fourth-order valence-electron chi connectivity index (χ4n) is 4.05. The van der Waals surface area contributed by atoms with E-state index in [1.807, 2.05) is 0 Å². The molecule has 0 spiro atoms. The first-order valence-corrected chi connectivity index (χ1v) is 12.1. The first-order chi connectivity index (χ1) is 15.3. The van der Waals surface area contributed by atoms with E-state index in [0.717, 1.165) is 24.2 Å². The van der Waals surface area contributed by atoms with Crippen LogP contribution in [0, 0.1) is 0 Å². The topological polar surface area (TPSA) is 104 Å². The number of hydrogen-bond acceptors (Lipinski definition) is 5. The van der Waals surface area contributed by atoms with Crippen molar-refractivity contribution in [1.82, 2.24) is 14.5 Å². The molecule has 168 valence electrons.